The Labute approximate surface area is 63.0 Å². The van der Waals surface area contributed by atoms with Crippen LogP contribution in [-0.2, 0) is 0 Å². The number of halogens is 1. The van der Waals surface area contributed by atoms with Gasteiger partial charge in [0.2, 0.25) is 0 Å². The molecule has 0 atom stereocenters. The maximum atomic E-state index is 10.0. The van der Waals surface area contributed by atoms with Gasteiger partial charge in [-0.25, -0.2) is 4.98 Å². The zero-order valence-corrected chi connectivity index (χ0v) is 6.09. The summed E-state index contributed by atoms with van der Waals surface area (Å²) in [7, 11) is 0. The van der Waals surface area contributed by atoms with Gasteiger partial charge in [0.1, 0.15) is 5.69 Å². The van der Waals surface area contributed by atoms with Gasteiger partial charge in [0.05, 0.1) is 0 Å². The zero-order chi connectivity index (χ0) is 7.56. The Kier molecular flexibility index (Phi) is 1.97. The minimum absolute atomic E-state index is 0.153. The first kappa shape index (κ1) is 7.15. The van der Waals surface area contributed by atoms with Crippen molar-refractivity contribution in [3.05, 3.63) is 27.9 Å². The van der Waals surface area contributed by atoms with Crippen LogP contribution < -0.4 is 0 Å². The molecule has 52 valence electrons. The van der Waals surface area contributed by atoms with Crippen molar-refractivity contribution in [1.29, 1.82) is 0 Å². The average molecular weight is 157 g/mol. The van der Waals surface area contributed by atoms with Crippen molar-refractivity contribution in [2.45, 2.75) is 6.92 Å². The van der Waals surface area contributed by atoms with Crippen molar-refractivity contribution in [3.63, 3.8) is 0 Å². The molecule has 3 nitrogen and oxygen atoms in total. The van der Waals surface area contributed by atoms with Crippen LogP contribution in [0.15, 0.2) is 17.4 Å². The van der Waals surface area contributed by atoms with Gasteiger partial charge >= 0.3 is 0 Å². The monoisotopic (exact) mass is 156 g/mol. The van der Waals surface area contributed by atoms with E-state index in [1.165, 1.54) is 0 Å². The van der Waals surface area contributed by atoms with Gasteiger partial charge in [0.15, 0.2) is 5.15 Å². The predicted octanol–water partition coefficient (Wildman–Crippen LogP) is 2.44. The van der Waals surface area contributed by atoms with E-state index in [0.717, 1.165) is 5.56 Å². The van der Waals surface area contributed by atoms with Crippen molar-refractivity contribution in [2.24, 2.45) is 5.18 Å². The first-order valence-electron chi connectivity index (χ1n) is 2.69. The Morgan fingerprint density at radius 3 is 2.90 bits per heavy atom. The summed E-state index contributed by atoms with van der Waals surface area (Å²) in [4.78, 5) is 13.7. The molecule has 0 aliphatic carbocycles. The molecule has 1 aromatic heterocycles. The molecule has 0 amide bonds. The van der Waals surface area contributed by atoms with Crippen molar-refractivity contribution in [1.82, 2.24) is 4.98 Å². The van der Waals surface area contributed by atoms with Crippen molar-refractivity contribution < 1.29 is 0 Å². The van der Waals surface area contributed by atoms with Crippen LogP contribution in [0, 0.1) is 11.8 Å². The van der Waals surface area contributed by atoms with Gasteiger partial charge in [-0.15, -0.1) is 4.91 Å². The lowest BCUT2D eigenvalue weighted by molar-refractivity contribution is 1.25. The smallest absolute Gasteiger partial charge is 0.158 e. The van der Waals surface area contributed by atoms with Crippen LogP contribution >= 0.6 is 11.6 Å². The van der Waals surface area contributed by atoms with Crippen LogP contribution in [0.3, 0.4) is 0 Å². The molecular formula is C6H5ClN2O. The molecule has 4 heteroatoms. The van der Waals surface area contributed by atoms with Crippen LogP contribution in [0.25, 0.3) is 0 Å². The van der Waals surface area contributed by atoms with E-state index in [4.69, 9.17) is 11.6 Å². The van der Waals surface area contributed by atoms with Crippen LogP contribution in [0.5, 0.6) is 0 Å². The molecule has 1 aromatic rings. The summed E-state index contributed by atoms with van der Waals surface area (Å²) in [5.41, 5.74) is 1.07. The highest BCUT2D eigenvalue weighted by atomic mass is 35.5. The third kappa shape index (κ3) is 1.30. The van der Waals surface area contributed by atoms with Crippen LogP contribution in [0.4, 0.5) is 5.69 Å². The highest BCUT2D eigenvalue weighted by Gasteiger charge is 1.99. The summed E-state index contributed by atoms with van der Waals surface area (Å²) in [5, 5.41) is 2.84. The second kappa shape index (κ2) is 2.75. The number of aromatic nitrogens is 1. The molecule has 0 saturated carbocycles. The van der Waals surface area contributed by atoms with E-state index in [2.05, 4.69) is 10.2 Å². The molecule has 0 spiro atoms. The molecule has 10 heavy (non-hydrogen) atoms. The largest absolute Gasteiger partial charge is 0.242 e. The summed E-state index contributed by atoms with van der Waals surface area (Å²) in [6, 6.07) is 1.59. The molecular weight excluding hydrogens is 152 g/mol. The topological polar surface area (TPSA) is 42.3 Å². The molecule has 0 aliphatic rings. The number of hydrogen-bond donors (Lipinski definition) is 0. The molecule has 0 bridgehead atoms. The average Bonchev–Trinajstić information content (AvgIpc) is 1.94. The molecule has 0 aliphatic heterocycles. The second-order valence-corrected chi connectivity index (χ2v) is 2.27. The van der Waals surface area contributed by atoms with Gasteiger partial charge in [-0.1, -0.05) is 11.6 Å². The lowest BCUT2D eigenvalue weighted by Gasteiger charge is -1.93. The molecule has 0 unspecified atom stereocenters. The minimum Gasteiger partial charge on any atom is -0.242 e. The molecule has 0 fully saturated rings. The van der Waals surface area contributed by atoms with Crippen molar-refractivity contribution >= 4 is 17.3 Å². The van der Waals surface area contributed by atoms with E-state index in [1.807, 2.05) is 6.92 Å². The lowest BCUT2D eigenvalue weighted by atomic mass is 10.3. The number of rotatable bonds is 1. The van der Waals surface area contributed by atoms with E-state index in [0.29, 0.717) is 0 Å². The number of aryl methyl sites for hydroxylation is 1. The van der Waals surface area contributed by atoms with Gasteiger partial charge in [-0.3, -0.25) is 0 Å². The van der Waals surface area contributed by atoms with Gasteiger partial charge in [-0.2, -0.15) is 0 Å². The molecule has 0 aromatic carbocycles. The summed E-state index contributed by atoms with van der Waals surface area (Å²) in [5.74, 6) is 0. The maximum Gasteiger partial charge on any atom is 0.158 e. The molecule has 1 rings (SSSR count). The zero-order valence-electron chi connectivity index (χ0n) is 5.34. The van der Waals surface area contributed by atoms with Crippen LogP contribution in [0.1, 0.15) is 5.56 Å². The number of nitrogens with zero attached hydrogens (tertiary/aromatic N) is 2. The fourth-order valence-electron chi connectivity index (χ4n) is 0.601. The standard InChI is InChI=1S/C6H5ClN2O/c1-4-2-5(9-10)6(7)8-3-4/h2-3H,1H3. The maximum absolute atomic E-state index is 10.0. The summed E-state index contributed by atoms with van der Waals surface area (Å²) < 4.78 is 0. The highest BCUT2D eigenvalue weighted by molar-refractivity contribution is 6.31. The van der Waals surface area contributed by atoms with Crippen molar-refractivity contribution in [3.8, 4) is 0 Å². The molecule has 0 radical (unpaired) electrons. The number of nitroso groups, excluding NO2 is 1. The normalized spacial score (nSPS) is 9.40. The van der Waals surface area contributed by atoms with Gasteiger partial charge in [0.25, 0.3) is 0 Å². The van der Waals surface area contributed by atoms with Gasteiger partial charge in [-0.05, 0) is 23.7 Å². The molecule has 1 heterocycles. The Morgan fingerprint density at radius 1 is 1.70 bits per heavy atom. The third-order valence-corrected chi connectivity index (χ3v) is 1.35. The van der Waals surface area contributed by atoms with E-state index >= 15 is 0 Å². The first-order chi connectivity index (χ1) is 4.74. The first-order valence-corrected chi connectivity index (χ1v) is 3.07. The fourth-order valence-corrected chi connectivity index (χ4v) is 0.739. The highest BCUT2D eigenvalue weighted by Crippen LogP contribution is 2.21. The van der Waals surface area contributed by atoms with E-state index in [9.17, 15) is 4.91 Å². The van der Waals surface area contributed by atoms with Crippen LogP contribution in [0.2, 0.25) is 5.15 Å². The Morgan fingerprint density at radius 2 is 2.40 bits per heavy atom. The Hall–Kier alpha value is -0.960. The second-order valence-electron chi connectivity index (χ2n) is 1.91. The lowest BCUT2D eigenvalue weighted by Crippen LogP contribution is -1.77. The fraction of sp³-hybridized carbons (Fsp3) is 0.167. The van der Waals surface area contributed by atoms with E-state index < -0.39 is 0 Å². The van der Waals surface area contributed by atoms with E-state index in [-0.39, 0.29) is 10.8 Å². The van der Waals surface area contributed by atoms with Gasteiger partial charge < -0.3 is 0 Å². The number of pyridine rings is 1. The molecule has 0 N–H and O–H groups in total. The Bertz CT molecular complexity index is 262. The SMILES string of the molecule is Cc1cnc(Cl)c(N=O)c1. The number of hydrogen-bond acceptors (Lipinski definition) is 3. The van der Waals surface area contributed by atoms with E-state index in [1.54, 1.807) is 12.3 Å². The van der Waals surface area contributed by atoms with Crippen molar-refractivity contribution in [2.75, 3.05) is 0 Å². The summed E-state index contributed by atoms with van der Waals surface area (Å²) in [6.45, 7) is 1.82. The predicted molar refractivity (Wildman–Crippen MR) is 39.4 cm³/mol. The summed E-state index contributed by atoms with van der Waals surface area (Å²) in [6.07, 6.45) is 1.58. The van der Waals surface area contributed by atoms with Gasteiger partial charge in [0, 0.05) is 6.20 Å². The minimum atomic E-state index is 0.153. The third-order valence-electron chi connectivity index (χ3n) is 1.06. The summed E-state index contributed by atoms with van der Waals surface area (Å²) >= 11 is 5.49. The quantitative estimate of drug-likeness (QED) is 0.463. The molecule has 0 saturated heterocycles. The van der Waals surface area contributed by atoms with Crippen LogP contribution in [-0.4, -0.2) is 4.98 Å². The Balaban J connectivity index is 3.21.